The first kappa shape index (κ1) is 16.7. The molecule has 112 valence electrons. The van der Waals surface area contributed by atoms with Gasteiger partial charge >= 0.3 is 0 Å². The molecule has 4 nitrogen and oxygen atoms in total. The molecular weight excluding hydrogens is 276 g/mol. The van der Waals surface area contributed by atoms with Crippen LogP contribution in [0, 0.1) is 12.8 Å². The van der Waals surface area contributed by atoms with Crippen molar-refractivity contribution >= 4 is 15.6 Å². The van der Waals surface area contributed by atoms with Gasteiger partial charge in [0.2, 0.25) is 0 Å². The lowest BCUT2D eigenvalue weighted by atomic mass is 10.1. The average Bonchev–Trinajstić information content (AvgIpc) is 2.36. The minimum Gasteiger partial charge on any atom is -0.496 e. The van der Waals surface area contributed by atoms with Gasteiger partial charge in [-0.1, -0.05) is 26.3 Å². The molecule has 0 heterocycles. The van der Waals surface area contributed by atoms with Crippen LogP contribution in [0.25, 0.3) is 0 Å². The molecule has 0 amide bonds. The molecule has 0 aliphatic rings. The molecule has 0 N–H and O–H groups in total. The van der Waals surface area contributed by atoms with Gasteiger partial charge in [-0.3, -0.25) is 4.79 Å². The van der Waals surface area contributed by atoms with E-state index in [1.807, 2.05) is 20.8 Å². The first-order chi connectivity index (χ1) is 9.29. The second-order valence-electron chi connectivity index (χ2n) is 5.19. The first-order valence-electron chi connectivity index (χ1n) is 6.67. The Kier molecular flexibility index (Phi) is 5.74. The largest absolute Gasteiger partial charge is 0.496 e. The Morgan fingerprint density at radius 2 is 2.00 bits per heavy atom. The van der Waals surface area contributed by atoms with Crippen LogP contribution >= 0.6 is 0 Å². The monoisotopic (exact) mass is 298 g/mol. The SMILES string of the molecule is CCC(C)CS(=O)(=O)CC(=O)c1ccc(C)cc1OC. The van der Waals surface area contributed by atoms with Crippen LogP contribution in [0.3, 0.4) is 0 Å². The normalized spacial score (nSPS) is 13.0. The summed E-state index contributed by atoms with van der Waals surface area (Å²) in [6.45, 7) is 5.69. The van der Waals surface area contributed by atoms with Crippen molar-refractivity contribution in [2.24, 2.45) is 5.92 Å². The number of sulfone groups is 1. The van der Waals surface area contributed by atoms with Crippen molar-refractivity contribution in [1.29, 1.82) is 0 Å². The smallest absolute Gasteiger partial charge is 0.181 e. The third-order valence-corrected chi connectivity index (χ3v) is 5.02. The van der Waals surface area contributed by atoms with E-state index in [1.165, 1.54) is 7.11 Å². The van der Waals surface area contributed by atoms with Crippen LogP contribution in [0.4, 0.5) is 0 Å². The maximum absolute atomic E-state index is 12.2. The van der Waals surface area contributed by atoms with E-state index in [4.69, 9.17) is 4.74 Å². The van der Waals surface area contributed by atoms with Gasteiger partial charge in [-0.2, -0.15) is 0 Å². The number of ketones is 1. The van der Waals surface area contributed by atoms with Crippen molar-refractivity contribution in [2.45, 2.75) is 27.2 Å². The third-order valence-electron chi connectivity index (χ3n) is 3.24. The number of ether oxygens (including phenoxy) is 1. The lowest BCUT2D eigenvalue weighted by Gasteiger charge is -2.11. The van der Waals surface area contributed by atoms with Gasteiger partial charge in [0.25, 0.3) is 0 Å². The highest BCUT2D eigenvalue weighted by Gasteiger charge is 2.22. The molecule has 1 rings (SSSR count). The molecule has 0 aromatic heterocycles. The number of Topliss-reactive ketones (excluding diaryl/α,β-unsaturated/α-hetero) is 1. The summed E-state index contributed by atoms with van der Waals surface area (Å²) in [5.41, 5.74) is 1.28. The van der Waals surface area contributed by atoms with E-state index < -0.39 is 21.4 Å². The van der Waals surface area contributed by atoms with Gasteiger partial charge in [0.15, 0.2) is 15.6 Å². The minimum absolute atomic E-state index is 0.0451. The van der Waals surface area contributed by atoms with Gasteiger partial charge in [0, 0.05) is 0 Å². The Balaban J connectivity index is 2.91. The lowest BCUT2D eigenvalue weighted by Crippen LogP contribution is -2.22. The van der Waals surface area contributed by atoms with Crippen molar-refractivity contribution in [3.63, 3.8) is 0 Å². The van der Waals surface area contributed by atoms with E-state index in [0.717, 1.165) is 12.0 Å². The molecule has 0 aliphatic carbocycles. The molecule has 0 bridgehead atoms. The second kappa shape index (κ2) is 6.88. The summed E-state index contributed by atoms with van der Waals surface area (Å²) >= 11 is 0. The minimum atomic E-state index is -3.38. The highest BCUT2D eigenvalue weighted by Crippen LogP contribution is 2.21. The van der Waals surface area contributed by atoms with Crippen LogP contribution in [0.2, 0.25) is 0 Å². The summed E-state index contributed by atoms with van der Waals surface area (Å²) in [6, 6.07) is 5.13. The Bertz CT molecular complexity index is 576. The van der Waals surface area contributed by atoms with Crippen LogP contribution in [0.1, 0.15) is 36.2 Å². The molecule has 5 heteroatoms. The van der Waals surface area contributed by atoms with Gasteiger partial charge in [-0.05, 0) is 30.5 Å². The van der Waals surface area contributed by atoms with Crippen LogP contribution in [-0.4, -0.2) is 32.8 Å². The number of carbonyl (C=O) groups excluding carboxylic acids is 1. The molecule has 1 unspecified atom stereocenters. The molecule has 0 aliphatic heterocycles. The Labute approximate surface area is 121 Å². The quantitative estimate of drug-likeness (QED) is 0.726. The molecule has 1 atom stereocenters. The predicted octanol–water partition coefficient (Wildman–Crippen LogP) is 2.65. The molecular formula is C15H22O4S. The Morgan fingerprint density at radius 1 is 1.35 bits per heavy atom. The number of methoxy groups -OCH3 is 1. The van der Waals surface area contributed by atoms with Crippen LogP contribution in [0.5, 0.6) is 5.75 Å². The van der Waals surface area contributed by atoms with E-state index in [-0.39, 0.29) is 11.7 Å². The summed E-state index contributed by atoms with van der Waals surface area (Å²) < 4.78 is 29.1. The maximum atomic E-state index is 12.2. The standard InChI is InChI=1S/C15H22O4S/c1-5-11(2)9-20(17,18)10-14(16)13-7-6-12(3)8-15(13)19-4/h6-8,11H,5,9-10H2,1-4H3. The fraction of sp³-hybridized carbons (Fsp3) is 0.533. The summed E-state index contributed by atoms with van der Waals surface area (Å²) in [6.07, 6.45) is 0.779. The second-order valence-corrected chi connectivity index (χ2v) is 7.30. The number of aryl methyl sites for hydroxylation is 1. The zero-order valence-electron chi connectivity index (χ0n) is 12.5. The van der Waals surface area contributed by atoms with Crippen molar-refractivity contribution in [3.05, 3.63) is 29.3 Å². The molecule has 0 fully saturated rings. The molecule has 0 saturated heterocycles. The Morgan fingerprint density at radius 3 is 2.55 bits per heavy atom. The molecule has 20 heavy (non-hydrogen) atoms. The van der Waals surface area contributed by atoms with Crippen LogP contribution in [-0.2, 0) is 9.84 Å². The van der Waals surface area contributed by atoms with E-state index in [2.05, 4.69) is 0 Å². The lowest BCUT2D eigenvalue weighted by molar-refractivity contribution is 0.101. The van der Waals surface area contributed by atoms with Crippen molar-refractivity contribution in [1.82, 2.24) is 0 Å². The molecule has 0 radical (unpaired) electrons. The highest BCUT2D eigenvalue weighted by atomic mass is 32.2. The summed E-state index contributed by atoms with van der Waals surface area (Å²) in [5.74, 6) is -0.341. The average molecular weight is 298 g/mol. The van der Waals surface area contributed by atoms with Gasteiger partial charge in [0.05, 0.1) is 18.4 Å². The fourth-order valence-corrected chi connectivity index (χ4v) is 3.69. The van der Waals surface area contributed by atoms with Crippen molar-refractivity contribution in [3.8, 4) is 5.75 Å². The first-order valence-corrected chi connectivity index (χ1v) is 8.49. The van der Waals surface area contributed by atoms with E-state index in [0.29, 0.717) is 11.3 Å². The number of benzene rings is 1. The van der Waals surface area contributed by atoms with E-state index >= 15 is 0 Å². The van der Waals surface area contributed by atoms with Crippen LogP contribution in [0.15, 0.2) is 18.2 Å². The summed E-state index contributed by atoms with van der Waals surface area (Å²) in [4.78, 5) is 12.2. The zero-order chi connectivity index (χ0) is 15.3. The molecule has 0 spiro atoms. The van der Waals surface area contributed by atoms with Gasteiger partial charge < -0.3 is 4.74 Å². The molecule has 1 aromatic carbocycles. The zero-order valence-corrected chi connectivity index (χ0v) is 13.3. The summed E-state index contributed by atoms with van der Waals surface area (Å²) in [5, 5.41) is 0. The third kappa shape index (κ3) is 4.63. The highest BCUT2D eigenvalue weighted by molar-refractivity contribution is 7.92. The number of carbonyl (C=O) groups is 1. The number of hydrogen-bond acceptors (Lipinski definition) is 4. The summed E-state index contributed by atoms with van der Waals surface area (Å²) in [7, 11) is -1.91. The fourth-order valence-electron chi connectivity index (χ4n) is 1.92. The van der Waals surface area contributed by atoms with E-state index in [1.54, 1.807) is 18.2 Å². The predicted molar refractivity (Wildman–Crippen MR) is 80.2 cm³/mol. The maximum Gasteiger partial charge on any atom is 0.181 e. The molecule has 0 saturated carbocycles. The number of hydrogen-bond donors (Lipinski definition) is 0. The number of rotatable bonds is 7. The van der Waals surface area contributed by atoms with Gasteiger partial charge in [0.1, 0.15) is 11.5 Å². The van der Waals surface area contributed by atoms with Gasteiger partial charge in [-0.25, -0.2) is 8.42 Å². The Hall–Kier alpha value is -1.36. The van der Waals surface area contributed by atoms with Gasteiger partial charge in [-0.15, -0.1) is 0 Å². The van der Waals surface area contributed by atoms with E-state index in [9.17, 15) is 13.2 Å². The van der Waals surface area contributed by atoms with Crippen LogP contribution < -0.4 is 4.74 Å². The van der Waals surface area contributed by atoms with Crippen molar-refractivity contribution < 1.29 is 17.9 Å². The molecule has 1 aromatic rings. The topological polar surface area (TPSA) is 60.4 Å². The van der Waals surface area contributed by atoms with Crippen molar-refractivity contribution in [2.75, 3.05) is 18.6 Å².